The molecule has 46 heavy (non-hydrogen) atoms. The normalized spacial score (nSPS) is 18.2. The van der Waals surface area contributed by atoms with E-state index in [2.05, 4.69) is 10.0 Å². The summed E-state index contributed by atoms with van der Waals surface area (Å²) in [5.41, 5.74) is 3.07. The van der Waals surface area contributed by atoms with Gasteiger partial charge in [-0.1, -0.05) is 24.3 Å². The molecule has 2 atom stereocenters. The van der Waals surface area contributed by atoms with Crippen molar-refractivity contribution in [3.63, 3.8) is 0 Å². The van der Waals surface area contributed by atoms with Crippen molar-refractivity contribution in [3.8, 4) is 5.75 Å². The standard InChI is InChI=1S/C32H40N4O8S2/c1-3-44-32(39)29-19-23-6-4-5-7-28(23)36(29)25-9-11-26(12-10-25)46(42,43)35-16-14-22(15-17-35)20-33-21-31(38)24-8-13-30(37)27(18-24)34-45(2,40)41/h4-13,18,22,29,31,33-34,37-38H,3,14-17,19-21H2,1-2H3/t29?,31-/m0/s1. The first-order valence-electron chi connectivity index (χ1n) is 15.2. The Morgan fingerprint density at radius 1 is 1.02 bits per heavy atom. The number of piperidine rings is 1. The predicted octanol–water partition coefficient (Wildman–Crippen LogP) is 3.11. The lowest BCUT2D eigenvalue weighted by molar-refractivity contribution is -0.144. The minimum Gasteiger partial charge on any atom is -0.506 e. The van der Waals surface area contributed by atoms with Crippen molar-refractivity contribution in [2.75, 3.05) is 48.7 Å². The summed E-state index contributed by atoms with van der Waals surface area (Å²) in [6.07, 6.45) is 1.84. The van der Waals surface area contributed by atoms with Gasteiger partial charge in [0.25, 0.3) is 0 Å². The van der Waals surface area contributed by atoms with Crippen LogP contribution in [0.3, 0.4) is 0 Å². The Balaban J connectivity index is 1.16. The summed E-state index contributed by atoms with van der Waals surface area (Å²) in [6.45, 7) is 3.55. The summed E-state index contributed by atoms with van der Waals surface area (Å²) in [7, 11) is -7.32. The first-order chi connectivity index (χ1) is 21.9. The van der Waals surface area contributed by atoms with E-state index in [1.54, 1.807) is 31.2 Å². The van der Waals surface area contributed by atoms with E-state index in [1.165, 1.54) is 22.5 Å². The summed E-state index contributed by atoms with van der Waals surface area (Å²) in [6, 6.07) is 18.1. The van der Waals surface area contributed by atoms with Gasteiger partial charge < -0.3 is 25.2 Å². The van der Waals surface area contributed by atoms with Gasteiger partial charge in [-0.05, 0) is 85.8 Å². The zero-order chi connectivity index (χ0) is 33.1. The lowest BCUT2D eigenvalue weighted by atomic mass is 9.98. The van der Waals surface area contributed by atoms with Crippen LogP contribution >= 0.6 is 0 Å². The second-order valence-corrected chi connectivity index (χ2v) is 15.3. The molecule has 0 saturated carbocycles. The first-order valence-corrected chi connectivity index (χ1v) is 18.5. The molecule has 0 bridgehead atoms. The van der Waals surface area contributed by atoms with Gasteiger partial charge in [-0.2, -0.15) is 4.31 Å². The number of carbonyl (C=O) groups excluding carboxylic acids is 1. The summed E-state index contributed by atoms with van der Waals surface area (Å²) < 4.78 is 59.1. The quantitative estimate of drug-likeness (QED) is 0.166. The number of hydrogen-bond donors (Lipinski definition) is 4. The van der Waals surface area contributed by atoms with E-state index in [1.807, 2.05) is 29.2 Å². The minimum absolute atomic E-state index is 0.00971. The fourth-order valence-electron chi connectivity index (χ4n) is 6.00. The highest BCUT2D eigenvalue weighted by molar-refractivity contribution is 7.92. The third-order valence-corrected chi connectivity index (χ3v) is 10.8. The first kappa shape index (κ1) is 33.7. The van der Waals surface area contributed by atoms with Gasteiger partial charge in [0, 0.05) is 37.4 Å². The third-order valence-electron chi connectivity index (χ3n) is 8.33. The Bertz CT molecular complexity index is 1760. The number of ether oxygens (including phenoxy) is 1. The number of aliphatic hydroxyl groups is 1. The highest BCUT2D eigenvalue weighted by atomic mass is 32.2. The Morgan fingerprint density at radius 3 is 2.39 bits per heavy atom. The van der Waals surface area contributed by atoms with Gasteiger partial charge in [0.05, 0.1) is 29.5 Å². The summed E-state index contributed by atoms with van der Waals surface area (Å²) in [5, 5.41) is 23.8. The van der Waals surface area contributed by atoms with E-state index in [4.69, 9.17) is 4.74 Å². The van der Waals surface area contributed by atoms with Gasteiger partial charge >= 0.3 is 5.97 Å². The van der Waals surface area contributed by atoms with Crippen LogP contribution in [0.4, 0.5) is 17.1 Å². The van der Waals surface area contributed by atoms with Crippen molar-refractivity contribution in [2.45, 2.75) is 43.2 Å². The minimum atomic E-state index is -3.72. The second-order valence-electron chi connectivity index (χ2n) is 11.6. The van der Waals surface area contributed by atoms with Crippen molar-refractivity contribution in [1.82, 2.24) is 9.62 Å². The Labute approximate surface area is 270 Å². The zero-order valence-electron chi connectivity index (χ0n) is 25.8. The number of hydrogen-bond acceptors (Lipinski definition) is 10. The van der Waals surface area contributed by atoms with Crippen LogP contribution in [0.1, 0.15) is 37.0 Å². The van der Waals surface area contributed by atoms with Crippen molar-refractivity contribution in [3.05, 3.63) is 77.9 Å². The Hall–Kier alpha value is -3.69. The molecule has 0 aliphatic carbocycles. The molecule has 1 unspecified atom stereocenters. The number of anilines is 3. The highest BCUT2D eigenvalue weighted by Crippen LogP contribution is 2.39. The van der Waals surface area contributed by atoms with Gasteiger partial charge in [-0.25, -0.2) is 21.6 Å². The van der Waals surface area contributed by atoms with E-state index >= 15 is 0 Å². The average molecular weight is 673 g/mol. The molecule has 3 aromatic rings. The number of rotatable bonds is 12. The van der Waals surface area contributed by atoms with E-state index in [0.717, 1.165) is 17.5 Å². The van der Waals surface area contributed by atoms with Gasteiger partial charge in [-0.15, -0.1) is 0 Å². The number of sulfonamides is 2. The third kappa shape index (κ3) is 7.64. The number of phenolic OH excluding ortho intramolecular Hbond substituents is 1. The number of esters is 1. The molecule has 0 radical (unpaired) electrons. The fourth-order valence-corrected chi connectivity index (χ4v) is 8.03. The number of para-hydroxylation sites is 1. The molecule has 1 fully saturated rings. The van der Waals surface area contributed by atoms with Crippen LogP contribution in [0.5, 0.6) is 5.75 Å². The Morgan fingerprint density at radius 2 is 1.72 bits per heavy atom. The van der Waals surface area contributed by atoms with E-state index in [-0.39, 0.29) is 41.4 Å². The van der Waals surface area contributed by atoms with Crippen molar-refractivity contribution >= 4 is 43.1 Å². The van der Waals surface area contributed by atoms with Crippen molar-refractivity contribution in [1.29, 1.82) is 0 Å². The molecule has 0 spiro atoms. The number of carbonyl (C=O) groups is 1. The van der Waals surface area contributed by atoms with E-state index < -0.39 is 32.2 Å². The zero-order valence-corrected chi connectivity index (χ0v) is 27.4. The fraction of sp³-hybridized carbons (Fsp3) is 0.406. The maximum Gasteiger partial charge on any atom is 0.329 e. The van der Waals surface area contributed by atoms with Gasteiger partial charge in [0.15, 0.2) is 0 Å². The molecule has 5 rings (SSSR count). The summed E-state index contributed by atoms with van der Waals surface area (Å²) in [5.74, 6) is -0.357. The van der Waals surface area contributed by atoms with Crippen LogP contribution in [0.2, 0.25) is 0 Å². The van der Waals surface area contributed by atoms with Gasteiger partial charge in [0.1, 0.15) is 11.8 Å². The van der Waals surface area contributed by atoms with E-state index in [0.29, 0.717) is 50.1 Å². The molecule has 4 N–H and O–H groups in total. The van der Waals surface area contributed by atoms with Gasteiger partial charge in [0.2, 0.25) is 20.0 Å². The molecule has 2 aliphatic heterocycles. The maximum atomic E-state index is 13.5. The van der Waals surface area contributed by atoms with Crippen molar-refractivity contribution < 1.29 is 36.6 Å². The predicted molar refractivity (Wildman–Crippen MR) is 175 cm³/mol. The summed E-state index contributed by atoms with van der Waals surface area (Å²) in [4.78, 5) is 14.9. The van der Waals surface area contributed by atoms with Crippen LogP contribution in [0, 0.1) is 5.92 Å². The summed E-state index contributed by atoms with van der Waals surface area (Å²) >= 11 is 0. The van der Waals surface area contributed by atoms with E-state index in [9.17, 15) is 31.8 Å². The molecule has 2 heterocycles. The monoisotopic (exact) mass is 672 g/mol. The van der Waals surface area contributed by atoms with Crippen molar-refractivity contribution in [2.24, 2.45) is 5.92 Å². The lowest BCUT2D eigenvalue weighted by Crippen LogP contribution is -2.41. The second kappa shape index (κ2) is 14.0. The molecule has 0 amide bonds. The number of benzene rings is 3. The Kier molecular flexibility index (Phi) is 10.2. The number of aromatic hydroxyl groups is 1. The molecule has 1 saturated heterocycles. The molecule has 14 heteroatoms. The van der Waals surface area contributed by atoms with Crippen LogP contribution < -0.4 is 14.9 Å². The highest BCUT2D eigenvalue weighted by Gasteiger charge is 2.37. The smallest absolute Gasteiger partial charge is 0.329 e. The molecular formula is C32H40N4O8S2. The molecule has 3 aromatic carbocycles. The topological polar surface area (TPSA) is 166 Å². The SMILES string of the molecule is CCOC(=O)C1Cc2ccccc2N1c1ccc(S(=O)(=O)N2CCC(CNC[C@H](O)c3ccc(O)c(NS(C)(=O)=O)c3)CC2)cc1. The molecule has 12 nitrogen and oxygen atoms in total. The molecule has 0 aromatic heterocycles. The van der Waals surface area contributed by atoms with Crippen LogP contribution in [-0.4, -0.2) is 82.4 Å². The molecular weight excluding hydrogens is 633 g/mol. The molecule has 248 valence electrons. The van der Waals surface area contributed by atoms with Crippen LogP contribution in [0.15, 0.2) is 71.6 Å². The maximum absolute atomic E-state index is 13.5. The van der Waals surface area contributed by atoms with Gasteiger partial charge in [-0.3, -0.25) is 4.72 Å². The van der Waals surface area contributed by atoms with Crippen LogP contribution in [0.25, 0.3) is 0 Å². The number of phenols is 1. The number of nitrogens with zero attached hydrogens (tertiary/aromatic N) is 2. The number of fused-ring (bicyclic) bond motifs is 1. The largest absolute Gasteiger partial charge is 0.506 e. The lowest BCUT2D eigenvalue weighted by Gasteiger charge is -2.32. The number of aliphatic hydroxyl groups excluding tert-OH is 1. The van der Waals surface area contributed by atoms with Crippen LogP contribution in [-0.2, 0) is 36.0 Å². The molecule has 2 aliphatic rings. The average Bonchev–Trinajstić information content (AvgIpc) is 3.42. The number of nitrogens with one attached hydrogen (secondary N) is 2.